The van der Waals surface area contributed by atoms with E-state index in [9.17, 15) is 14.4 Å². The van der Waals surface area contributed by atoms with Gasteiger partial charge in [0.1, 0.15) is 5.82 Å². The highest BCUT2D eigenvalue weighted by atomic mass is 16.2. The number of amides is 1. The number of carbonyl (C=O) groups excluding carboxylic acids is 2. The zero-order chi connectivity index (χ0) is 20.8. The van der Waals surface area contributed by atoms with E-state index in [-0.39, 0.29) is 17.3 Å². The van der Waals surface area contributed by atoms with Crippen LogP contribution in [0.5, 0.6) is 0 Å². The van der Waals surface area contributed by atoms with Crippen LogP contribution in [0.3, 0.4) is 0 Å². The summed E-state index contributed by atoms with van der Waals surface area (Å²) in [5, 5.41) is 7.82. The normalized spacial score (nSPS) is 13.5. The predicted octanol–water partition coefficient (Wildman–Crippen LogP) is 2.44. The molecule has 1 aliphatic rings. The van der Waals surface area contributed by atoms with Crippen LogP contribution < -0.4 is 10.9 Å². The molecule has 1 amide bonds. The zero-order valence-corrected chi connectivity index (χ0v) is 16.1. The molecule has 0 aliphatic heterocycles. The second kappa shape index (κ2) is 6.80. The second-order valence-electron chi connectivity index (χ2n) is 7.38. The minimum absolute atomic E-state index is 0.182. The van der Waals surface area contributed by atoms with Crippen LogP contribution in [0.4, 0.5) is 5.82 Å². The third-order valence-electron chi connectivity index (χ3n) is 5.06. The van der Waals surface area contributed by atoms with E-state index in [4.69, 9.17) is 0 Å². The van der Waals surface area contributed by atoms with Crippen molar-refractivity contribution in [3.63, 3.8) is 0 Å². The van der Waals surface area contributed by atoms with Crippen molar-refractivity contribution >= 4 is 28.4 Å². The summed E-state index contributed by atoms with van der Waals surface area (Å²) in [7, 11) is 0. The van der Waals surface area contributed by atoms with Gasteiger partial charge < -0.3 is 10.3 Å². The van der Waals surface area contributed by atoms with E-state index < -0.39 is 11.7 Å². The lowest BCUT2D eigenvalue weighted by atomic mass is 10.1. The van der Waals surface area contributed by atoms with Crippen molar-refractivity contribution in [2.45, 2.75) is 25.7 Å². The average molecular weight is 402 g/mol. The number of aryl methyl sites for hydroxylation is 1. The molecule has 150 valence electrons. The van der Waals surface area contributed by atoms with Crippen molar-refractivity contribution in [1.29, 1.82) is 0 Å². The SMILES string of the molecule is Cc1cc(=O)[nH]c(-n2nc(C3CC3)cc2NC(=O)C(=O)c2c[nH]c3ccccc23)n1. The van der Waals surface area contributed by atoms with Crippen LogP contribution in [0, 0.1) is 6.92 Å². The number of aromatic amines is 2. The van der Waals surface area contributed by atoms with Crippen LogP contribution in [0.25, 0.3) is 16.9 Å². The van der Waals surface area contributed by atoms with Crippen LogP contribution in [-0.2, 0) is 4.79 Å². The van der Waals surface area contributed by atoms with Gasteiger partial charge in [-0.05, 0) is 25.8 Å². The summed E-state index contributed by atoms with van der Waals surface area (Å²) in [5.41, 5.74) is 2.04. The number of anilines is 1. The molecule has 1 fully saturated rings. The van der Waals surface area contributed by atoms with E-state index in [2.05, 4.69) is 25.4 Å². The summed E-state index contributed by atoms with van der Waals surface area (Å²) < 4.78 is 1.36. The van der Waals surface area contributed by atoms with Crippen LogP contribution in [-0.4, -0.2) is 36.4 Å². The lowest BCUT2D eigenvalue weighted by molar-refractivity contribution is -0.112. The Kier molecular flexibility index (Phi) is 4.09. The fraction of sp³-hybridized carbons (Fsp3) is 0.190. The van der Waals surface area contributed by atoms with E-state index >= 15 is 0 Å². The third kappa shape index (κ3) is 3.20. The minimum atomic E-state index is -0.793. The molecule has 9 nitrogen and oxygen atoms in total. The van der Waals surface area contributed by atoms with Gasteiger partial charge >= 0.3 is 0 Å². The van der Waals surface area contributed by atoms with Gasteiger partial charge in [0.2, 0.25) is 5.95 Å². The number of nitrogens with one attached hydrogen (secondary N) is 3. The quantitative estimate of drug-likeness (QED) is 0.349. The molecule has 3 aromatic heterocycles. The predicted molar refractivity (Wildman–Crippen MR) is 110 cm³/mol. The number of H-pyrrole nitrogens is 2. The summed E-state index contributed by atoms with van der Waals surface area (Å²) in [6.45, 7) is 1.70. The lowest BCUT2D eigenvalue weighted by Crippen LogP contribution is -2.25. The Morgan fingerprint density at radius 1 is 1.20 bits per heavy atom. The van der Waals surface area contributed by atoms with E-state index in [1.807, 2.05) is 18.2 Å². The number of benzene rings is 1. The minimum Gasteiger partial charge on any atom is -0.360 e. The molecule has 30 heavy (non-hydrogen) atoms. The fourth-order valence-electron chi connectivity index (χ4n) is 3.45. The highest BCUT2D eigenvalue weighted by Crippen LogP contribution is 2.40. The topological polar surface area (TPSA) is 126 Å². The Morgan fingerprint density at radius 2 is 2.00 bits per heavy atom. The number of ketones is 1. The molecular formula is C21H18N6O3. The molecule has 0 saturated heterocycles. The lowest BCUT2D eigenvalue weighted by Gasteiger charge is -2.07. The Balaban J connectivity index is 1.50. The average Bonchev–Trinajstić information content (AvgIpc) is 3.34. The van der Waals surface area contributed by atoms with Gasteiger partial charge in [0.15, 0.2) is 0 Å². The number of fused-ring (bicyclic) bond motifs is 1. The maximum Gasteiger partial charge on any atom is 0.298 e. The smallest absolute Gasteiger partial charge is 0.298 e. The summed E-state index contributed by atoms with van der Waals surface area (Å²) in [5.74, 6) is -0.689. The molecule has 4 aromatic rings. The number of carbonyl (C=O) groups is 2. The molecule has 3 heterocycles. The van der Waals surface area contributed by atoms with Crippen LogP contribution >= 0.6 is 0 Å². The molecule has 0 radical (unpaired) electrons. The molecule has 0 atom stereocenters. The Labute approximate surface area is 170 Å². The first-order chi connectivity index (χ1) is 14.5. The monoisotopic (exact) mass is 402 g/mol. The molecule has 0 bridgehead atoms. The van der Waals surface area contributed by atoms with Gasteiger partial charge in [0.05, 0.1) is 11.3 Å². The third-order valence-corrected chi connectivity index (χ3v) is 5.06. The molecule has 5 rings (SSSR count). The maximum absolute atomic E-state index is 12.8. The van der Waals surface area contributed by atoms with Crippen LogP contribution in [0.15, 0.2) is 47.4 Å². The summed E-state index contributed by atoms with van der Waals surface area (Å²) in [4.78, 5) is 47.4. The highest BCUT2D eigenvalue weighted by molar-refractivity contribution is 6.48. The number of nitrogens with zero attached hydrogens (tertiary/aromatic N) is 3. The van der Waals surface area contributed by atoms with Crippen molar-refractivity contribution < 1.29 is 9.59 Å². The van der Waals surface area contributed by atoms with Gasteiger partial charge in [-0.1, -0.05) is 18.2 Å². The van der Waals surface area contributed by atoms with Crippen molar-refractivity contribution in [3.8, 4) is 5.95 Å². The van der Waals surface area contributed by atoms with Crippen LogP contribution in [0.2, 0.25) is 0 Å². The summed E-state index contributed by atoms with van der Waals surface area (Å²) in [6.07, 6.45) is 3.55. The molecular weight excluding hydrogens is 384 g/mol. The van der Waals surface area contributed by atoms with Gasteiger partial charge in [-0.2, -0.15) is 9.78 Å². The van der Waals surface area contributed by atoms with E-state index in [0.29, 0.717) is 22.6 Å². The first-order valence-corrected chi connectivity index (χ1v) is 9.59. The van der Waals surface area contributed by atoms with E-state index in [0.717, 1.165) is 24.1 Å². The molecule has 0 spiro atoms. The van der Waals surface area contributed by atoms with Gasteiger partial charge in [-0.3, -0.25) is 19.4 Å². The molecule has 1 aromatic carbocycles. The maximum atomic E-state index is 12.8. The number of aromatic nitrogens is 5. The van der Waals surface area contributed by atoms with Crippen molar-refractivity contribution in [2.75, 3.05) is 5.32 Å². The number of rotatable bonds is 5. The number of Topliss-reactive ketones (excluding diaryl/α,β-unsaturated/α-hetero) is 1. The summed E-state index contributed by atoms with van der Waals surface area (Å²) >= 11 is 0. The van der Waals surface area contributed by atoms with Gasteiger partial charge in [0, 0.05) is 40.8 Å². The molecule has 9 heteroatoms. The fourth-order valence-corrected chi connectivity index (χ4v) is 3.45. The Morgan fingerprint density at radius 3 is 2.77 bits per heavy atom. The molecule has 3 N–H and O–H groups in total. The van der Waals surface area contributed by atoms with Crippen molar-refractivity contribution in [1.82, 2.24) is 24.7 Å². The molecule has 1 saturated carbocycles. The number of hydrogen-bond acceptors (Lipinski definition) is 5. The first-order valence-electron chi connectivity index (χ1n) is 9.59. The molecule has 1 aliphatic carbocycles. The first kappa shape index (κ1) is 18.0. The van der Waals surface area contributed by atoms with E-state index in [1.54, 1.807) is 19.1 Å². The highest BCUT2D eigenvalue weighted by Gasteiger charge is 2.29. The van der Waals surface area contributed by atoms with Crippen molar-refractivity contribution in [3.05, 3.63) is 69.9 Å². The largest absolute Gasteiger partial charge is 0.360 e. The van der Waals surface area contributed by atoms with Crippen molar-refractivity contribution in [2.24, 2.45) is 0 Å². The van der Waals surface area contributed by atoms with E-state index in [1.165, 1.54) is 16.9 Å². The Hall–Kier alpha value is -4.01. The standard InChI is InChI=1S/C21H18N6O3/c1-11-8-18(28)25-21(23-11)27-17(9-16(26-27)12-6-7-12)24-20(30)19(29)14-10-22-15-5-3-2-4-13(14)15/h2-5,8-10,12,22H,6-7H2,1H3,(H,24,30)(H,23,25,28). The summed E-state index contributed by atoms with van der Waals surface area (Å²) in [6, 6.07) is 10.4. The Bertz CT molecular complexity index is 1360. The number of para-hydroxylation sites is 1. The van der Waals surface area contributed by atoms with Gasteiger partial charge in [0.25, 0.3) is 17.2 Å². The van der Waals surface area contributed by atoms with Crippen LogP contribution in [0.1, 0.15) is 40.5 Å². The zero-order valence-electron chi connectivity index (χ0n) is 16.1. The second-order valence-corrected chi connectivity index (χ2v) is 7.38. The molecule has 0 unspecified atom stereocenters. The van der Waals surface area contributed by atoms with Gasteiger partial charge in [-0.25, -0.2) is 4.98 Å². The van der Waals surface area contributed by atoms with Gasteiger partial charge in [-0.15, -0.1) is 0 Å². The number of hydrogen-bond donors (Lipinski definition) is 3.